The summed E-state index contributed by atoms with van der Waals surface area (Å²) in [6.07, 6.45) is 12.9. The standard InChI is InChI=1S/C18H16.C5H5N/c1-3-7-15-13(5-1)9-11-18-16-8-4-2-6-14(16)10-12-17(15)18;1-2-4-6-5-3-1/h1-3,5-7,10,12H,4,8-9,11H2;1-5H. The van der Waals surface area contributed by atoms with Crippen molar-refractivity contribution in [3.63, 3.8) is 0 Å². The molecule has 24 heavy (non-hydrogen) atoms. The lowest BCUT2D eigenvalue weighted by molar-refractivity contribution is 0.887. The molecule has 0 saturated carbocycles. The highest BCUT2D eigenvalue weighted by molar-refractivity contribution is 5.77. The molecule has 1 nitrogen and oxygen atoms in total. The first-order valence-corrected chi connectivity index (χ1v) is 8.68. The smallest absolute Gasteiger partial charge is 0.0267 e. The molecule has 2 aliphatic carbocycles. The van der Waals surface area contributed by atoms with Gasteiger partial charge in [0.1, 0.15) is 0 Å². The summed E-state index contributed by atoms with van der Waals surface area (Å²) in [6.45, 7) is 0. The summed E-state index contributed by atoms with van der Waals surface area (Å²) in [4.78, 5) is 3.78. The zero-order chi connectivity index (χ0) is 16.2. The molecule has 1 aromatic heterocycles. The van der Waals surface area contributed by atoms with Gasteiger partial charge in [-0.3, -0.25) is 4.98 Å². The van der Waals surface area contributed by atoms with Crippen LogP contribution in [0.1, 0.15) is 28.7 Å². The average molecular weight is 311 g/mol. The fourth-order valence-electron chi connectivity index (χ4n) is 3.71. The predicted octanol–water partition coefficient (Wildman–Crippen LogP) is 5.49. The molecule has 2 aliphatic rings. The van der Waals surface area contributed by atoms with Gasteiger partial charge in [-0.15, -0.1) is 0 Å². The third kappa shape index (κ3) is 2.90. The van der Waals surface area contributed by atoms with E-state index < -0.39 is 0 Å². The number of aryl methyl sites for hydroxylation is 1. The van der Waals surface area contributed by atoms with Gasteiger partial charge in [0, 0.05) is 12.4 Å². The van der Waals surface area contributed by atoms with Crippen LogP contribution in [0.5, 0.6) is 0 Å². The van der Waals surface area contributed by atoms with E-state index in [4.69, 9.17) is 0 Å². The van der Waals surface area contributed by atoms with Crippen LogP contribution in [0.2, 0.25) is 0 Å². The zero-order valence-electron chi connectivity index (χ0n) is 13.8. The maximum atomic E-state index is 3.78. The average Bonchev–Trinajstić information content (AvgIpc) is 2.69. The Morgan fingerprint density at radius 1 is 0.667 bits per heavy atom. The topological polar surface area (TPSA) is 12.9 Å². The molecule has 0 amide bonds. The van der Waals surface area contributed by atoms with Crippen LogP contribution in [0.15, 0.2) is 73.1 Å². The number of benzene rings is 2. The molecule has 0 fully saturated rings. The summed E-state index contributed by atoms with van der Waals surface area (Å²) < 4.78 is 0. The van der Waals surface area contributed by atoms with Crippen molar-refractivity contribution < 1.29 is 0 Å². The van der Waals surface area contributed by atoms with Crippen molar-refractivity contribution in [1.82, 2.24) is 4.98 Å². The lowest BCUT2D eigenvalue weighted by Gasteiger charge is -2.25. The maximum Gasteiger partial charge on any atom is 0.0267 e. The lowest BCUT2D eigenvalue weighted by Crippen LogP contribution is -2.09. The maximum absolute atomic E-state index is 3.78. The van der Waals surface area contributed by atoms with Gasteiger partial charge in [0.15, 0.2) is 0 Å². The molecule has 1 heterocycles. The van der Waals surface area contributed by atoms with Gasteiger partial charge in [0.05, 0.1) is 0 Å². The summed E-state index contributed by atoms with van der Waals surface area (Å²) in [6, 6.07) is 19.2. The van der Waals surface area contributed by atoms with Crippen molar-refractivity contribution in [3.8, 4) is 11.1 Å². The van der Waals surface area contributed by atoms with Crippen molar-refractivity contribution in [2.45, 2.75) is 25.7 Å². The molecule has 3 aromatic rings. The molecule has 5 rings (SSSR count). The number of fused-ring (bicyclic) bond motifs is 5. The van der Waals surface area contributed by atoms with Crippen LogP contribution in [0.3, 0.4) is 0 Å². The number of allylic oxidation sites excluding steroid dienone is 1. The Bertz CT molecular complexity index is 836. The largest absolute Gasteiger partial charge is 0.265 e. The molecule has 0 spiro atoms. The van der Waals surface area contributed by atoms with Gasteiger partial charge in [-0.2, -0.15) is 0 Å². The van der Waals surface area contributed by atoms with E-state index in [1.807, 2.05) is 18.2 Å². The Balaban J connectivity index is 0.000000207. The Hall–Kier alpha value is -2.67. The van der Waals surface area contributed by atoms with E-state index in [1.165, 1.54) is 47.9 Å². The minimum absolute atomic E-state index is 1.20. The third-order valence-corrected chi connectivity index (χ3v) is 4.84. The molecule has 0 N–H and O–H groups in total. The summed E-state index contributed by atoms with van der Waals surface area (Å²) in [7, 11) is 0. The fraction of sp³-hybridized carbons (Fsp3) is 0.174. The molecule has 118 valence electrons. The van der Waals surface area contributed by atoms with Crippen molar-refractivity contribution in [1.29, 1.82) is 0 Å². The molecular formula is C23H21N. The van der Waals surface area contributed by atoms with E-state index in [1.54, 1.807) is 23.5 Å². The Labute approximate surface area is 143 Å². The van der Waals surface area contributed by atoms with E-state index in [-0.39, 0.29) is 0 Å². The molecule has 0 atom stereocenters. The number of rotatable bonds is 0. The first-order chi connectivity index (χ1) is 11.9. The van der Waals surface area contributed by atoms with E-state index in [0.29, 0.717) is 0 Å². The van der Waals surface area contributed by atoms with Crippen molar-refractivity contribution in [3.05, 3.63) is 95.3 Å². The van der Waals surface area contributed by atoms with E-state index in [0.717, 1.165) is 0 Å². The summed E-state index contributed by atoms with van der Waals surface area (Å²) in [5.74, 6) is 0. The minimum atomic E-state index is 1.20. The highest BCUT2D eigenvalue weighted by atomic mass is 14.6. The van der Waals surface area contributed by atoms with Gasteiger partial charge in [0.2, 0.25) is 0 Å². The first-order valence-electron chi connectivity index (χ1n) is 8.68. The fourth-order valence-corrected chi connectivity index (χ4v) is 3.71. The third-order valence-electron chi connectivity index (χ3n) is 4.84. The monoisotopic (exact) mass is 311 g/mol. The molecule has 0 bridgehead atoms. The van der Waals surface area contributed by atoms with Crippen LogP contribution in [0, 0.1) is 0 Å². The lowest BCUT2D eigenvalue weighted by atomic mass is 9.80. The second kappa shape index (κ2) is 6.84. The molecule has 0 radical (unpaired) electrons. The minimum Gasteiger partial charge on any atom is -0.265 e. The quantitative estimate of drug-likeness (QED) is 0.534. The number of aromatic nitrogens is 1. The molecule has 1 heteroatoms. The number of pyridine rings is 1. The predicted molar refractivity (Wildman–Crippen MR) is 101 cm³/mol. The van der Waals surface area contributed by atoms with Gasteiger partial charge >= 0.3 is 0 Å². The molecular weight excluding hydrogens is 290 g/mol. The molecule has 0 unspecified atom stereocenters. The second-order valence-electron chi connectivity index (χ2n) is 6.28. The Morgan fingerprint density at radius 3 is 2.33 bits per heavy atom. The highest BCUT2D eigenvalue weighted by Crippen LogP contribution is 2.38. The second-order valence-corrected chi connectivity index (χ2v) is 6.28. The van der Waals surface area contributed by atoms with Crippen molar-refractivity contribution in [2.75, 3.05) is 0 Å². The van der Waals surface area contributed by atoms with E-state index in [9.17, 15) is 0 Å². The summed E-state index contributed by atoms with van der Waals surface area (Å²) >= 11 is 0. The Morgan fingerprint density at radius 2 is 1.54 bits per heavy atom. The highest BCUT2D eigenvalue weighted by Gasteiger charge is 2.20. The van der Waals surface area contributed by atoms with Crippen molar-refractivity contribution >= 4 is 6.08 Å². The van der Waals surface area contributed by atoms with Gasteiger partial charge < -0.3 is 0 Å². The first kappa shape index (κ1) is 14.9. The summed E-state index contributed by atoms with van der Waals surface area (Å²) in [5, 5.41) is 0. The SMILES string of the molecule is C1=Cc2ccc3c(c2CC1)CCc1ccccc1-3.c1ccncc1. The van der Waals surface area contributed by atoms with Crippen LogP contribution in [0.4, 0.5) is 0 Å². The number of hydrogen-bond donors (Lipinski definition) is 0. The van der Waals surface area contributed by atoms with Gasteiger partial charge in [-0.05, 0) is 71.2 Å². The van der Waals surface area contributed by atoms with Crippen LogP contribution in [0.25, 0.3) is 17.2 Å². The van der Waals surface area contributed by atoms with E-state index >= 15 is 0 Å². The number of hydrogen-bond acceptors (Lipinski definition) is 1. The number of nitrogens with zero attached hydrogens (tertiary/aromatic N) is 1. The molecule has 2 aromatic carbocycles. The van der Waals surface area contributed by atoms with Crippen LogP contribution in [-0.4, -0.2) is 4.98 Å². The molecule has 0 saturated heterocycles. The van der Waals surface area contributed by atoms with E-state index in [2.05, 4.69) is 53.5 Å². The van der Waals surface area contributed by atoms with Crippen LogP contribution in [-0.2, 0) is 19.3 Å². The van der Waals surface area contributed by atoms with Crippen molar-refractivity contribution in [2.24, 2.45) is 0 Å². The zero-order valence-corrected chi connectivity index (χ0v) is 13.8. The van der Waals surface area contributed by atoms with Crippen LogP contribution >= 0.6 is 0 Å². The summed E-state index contributed by atoms with van der Waals surface area (Å²) in [5.41, 5.74) is 9.10. The van der Waals surface area contributed by atoms with Gasteiger partial charge in [-0.1, -0.05) is 54.6 Å². The normalized spacial score (nSPS) is 13.8. The van der Waals surface area contributed by atoms with Crippen LogP contribution < -0.4 is 0 Å². The van der Waals surface area contributed by atoms with Gasteiger partial charge in [-0.25, -0.2) is 0 Å². The van der Waals surface area contributed by atoms with Gasteiger partial charge in [0.25, 0.3) is 0 Å². The Kier molecular flexibility index (Phi) is 4.24. The molecule has 0 aliphatic heterocycles.